The van der Waals surface area contributed by atoms with Crippen LogP contribution in [0.15, 0.2) is 45.8 Å². The van der Waals surface area contributed by atoms with Gasteiger partial charge in [0.25, 0.3) is 10.0 Å². The van der Waals surface area contributed by atoms with E-state index in [1.54, 1.807) is 12.1 Å². The standard InChI is InChI=1S/C13H12BrFN2O3S/c1-20-13-6-8(2-4-10(13)14)17-21(18,19)9-3-5-12(16)11(15)7-9/h2-7,17H,16H2,1H3. The van der Waals surface area contributed by atoms with Gasteiger partial charge in [0.15, 0.2) is 0 Å². The van der Waals surface area contributed by atoms with Gasteiger partial charge in [0.05, 0.1) is 27.9 Å². The molecule has 0 aliphatic rings. The second-order valence-electron chi connectivity index (χ2n) is 4.14. The van der Waals surface area contributed by atoms with E-state index >= 15 is 0 Å². The van der Waals surface area contributed by atoms with Gasteiger partial charge in [0.2, 0.25) is 0 Å². The van der Waals surface area contributed by atoms with Gasteiger partial charge in [-0.15, -0.1) is 0 Å². The van der Waals surface area contributed by atoms with Crippen LogP contribution in [-0.4, -0.2) is 15.5 Å². The van der Waals surface area contributed by atoms with E-state index in [0.29, 0.717) is 15.9 Å². The number of nitrogens with two attached hydrogens (primary N) is 1. The average Bonchev–Trinajstić information content (AvgIpc) is 2.43. The summed E-state index contributed by atoms with van der Waals surface area (Å²) in [6, 6.07) is 8.00. The molecule has 0 saturated heterocycles. The summed E-state index contributed by atoms with van der Waals surface area (Å²) in [6.07, 6.45) is 0. The zero-order chi connectivity index (χ0) is 15.6. The molecule has 0 amide bonds. The highest BCUT2D eigenvalue weighted by Gasteiger charge is 2.16. The monoisotopic (exact) mass is 374 g/mol. The number of benzene rings is 2. The SMILES string of the molecule is COc1cc(NS(=O)(=O)c2ccc(N)c(F)c2)ccc1Br. The number of hydrogen-bond acceptors (Lipinski definition) is 4. The third-order valence-corrected chi connectivity index (χ3v) is 4.72. The third-order valence-electron chi connectivity index (χ3n) is 2.69. The lowest BCUT2D eigenvalue weighted by molar-refractivity contribution is 0.412. The molecule has 2 rings (SSSR count). The maximum atomic E-state index is 13.4. The van der Waals surface area contributed by atoms with E-state index in [1.807, 2.05) is 0 Å². The van der Waals surface area contributed by atoms with E-state index in [4.69, 9.17) is 10.5 Å². The molecule has 2 aromatic carbocycles. The fourth-order valence-electron chi connectivity index (χ4n) is 1.61. The highest BCUT2D eigenvalue weighted by atomic mass is 79.9. The summed E-state index contributed by atoms with van der Waals surface area (Å²) in [7, 11) is -2.44. The normalized spacial score (nSPS) is 11.2. The Kier molecular flexibility index (Phi) is 4.38. The number of sulfonamides is 1. The van der Waals surface area contributed by atoms with Gasteiger partial charge >= 0.3 is 0 Å². The summed E-state index contributed by atoms with van der Waals surface area (Å²) in [6.45, 7) is 0. The van der Waals surface area contributed by atoms with E-state index in [0.717, 1.165) is 6.07 Å². The maximum Gasteiger partial charge on any atom is 0.262 e. The second kappa shape index (κ2) is 5.90. The average molecular weight is 375 g/mol. The fraction of sp³-hybridized carbons (Fsp3) is 0.0769. The summed E-state index contributed by atoms with van der Waals surface area (Å²) in [4.78, 5) is -0.212. The smallest absolute Gasteiger partial charge is 0.262 e. The van der Waals surface area contributed by atoms with Crippen LogP contribution in [0.4, 0.5) is 15.8 Å². The fourth-order valence-corrected chi connectivity index (χ4v) is 3.08. The van der Waals surface area contributed by atoms with Gasteiger partial charge in [-0.2, -0.15) is 0 Å². The van der Waals surface area contributed by atoms with Crippen LogP contribution in [0, 0.1) is 5.82 Å². The van der Waals surface area contributed by atoms with E-state index in [-0.39, 0.29) is 10.6 Å². The molecule has 0 saturated carbocycles. The Hall–Kier alpha value is -1.80. The van der Waals surface area contributed by atoms with Gasteiger partial charge in [0, 0.05) is 6.07 Å². The van der Waals surface area contributed by atoms with Gasteiger partial charge in [-0.3, -0.25) is 4.72 Å². The molecule has 8 heteroatoms. The molecule has 0 aliphatic heterocycles. The molecule has 0 unspecified atom stereocenters. The van der Waals surface area contributed by atoms with Crippen molar-refractivity contribution in [1.82, 2.24) is 0 Å². The molecule has 112 valence electrons. The van der Waals surface area contributed by atoms with Crippen molar-refractivity contribution in [1.29, 1.82) is 0 Å². The molecule has 0 radical (unpaired) electrons. The maximum absolute atomic E-state index is 13.4. The first-order valence-electron chi connectivity index (χ1n) is 5.75. The quantitative estimate of drug-likeness (QED) is 0.806. The molecule has 5 nitrogen and oxygen atoms in total. The van der Waals surface area contributed by atoms with Gasteiger partial charge in [0.1, 0.15) is 11.6 Å². The largest absolute Gasteiger partial charge is 0.495 e. The minimum atomic E-state index is -3.91. The number of methoxy groups -OCH3 is 1. The van der Waals surface area contributed by atoms with Crippen LogP contribution >= 0.6 is 15.9 Å². The van der Waals surface area contributed by atoms with Crippen LogP contribution in [0.5, 0.6) is 5.75 Å². The van der Waals surface area contributed by atoms with Crippen LogP contribution < -0.4 is 15.2 Å². The van der Waals surface area contributed by atoms with Crippen molar-refractivity contribution in [2.24, 2.45) is 0 Å². The first kappa shape index (κ1) is 15.6. The van der Waals surface area contributed by atoms with Crippen molar-refractivity contribution >= 4 is 37.3 Å². The van der Waals surface area contributed by atoms with E-state index in [9.17, 15) is 12.8 Å². The molecule has 0 atom stereocenters. The topological polar surface area (TPSA) is 81.4 Å². The van der Waals surface area contributed by atoms with Crippen molar-refractivity contribution in [3.8, 4) is 5.75 Å². The minimum Gasteiger partial charge on any atom is -0.495 e. The van der Waals surface area contributed by atoms with Gasteiger partial charge in [-0.1, -0.05) is 0 Å². The third kappa shape index (κ3) is 3.45. The number of nitrogens with one attached hydrogen (secondary N) is 1. The van der Waals surface area contributed by atoms with Crippen molar-refractivity contribution in [2.75, 3.05) is 17.6 Å². The molecule has 0 fully saturated rings. The Bertz CT molecular complexity index is 781. The molecule has 0 heterocycles. The highest BCUT2D eigenvalue weighted by molar-refractivity contribution is 9.10. The lowest BCUT2D eigenvalue weighted by atomic mass is 10.3. The number of hydrogen-bond donors (Lipinski definition) is 2. The molecule has 0 spiro atoms. The highest BCUT2D eigenvalue weighted by Crippen LogP contribution is 2.29. The molecule has 2 aromatic rings. The summed E-state index contributed by atoms with van der Waals surface area (Å²) in [5.41, 5.74) is 5.51. The van der Waals surface area contributed by atoms with Crippen molar-refractivity contribution in [3.63, 3.8) is 0 Å². The lowest BCUT2D eigenvalue weighted by Gasteiger charge is -2.10. The minimum absolute atomic E-state index is 0.112. The number of anilines is 2. The molecular weight excluding hydrogens is 363 g/mol. The Morgan fingerprint density at radius 1 is 1.24 bits per heavy atom. The summed E-state index contributed by atoms with van der Waals surface area (Å²) in [5, 5.41) is 0. The zero-order valence-corrected chi connectivity index (χ0v) is 13.3. The first-order chi connectivity index (χ1) is 9.83. The summed E-state index contributed by atoms with van der Waals surface area (Å²) >= 11 is 3.27. The van der Waals surface area contributed by atoms with Crippen LogP contribution in [0.3, 0.4) is 0 Å². The molecule has 0 aliphatic carbocycles. The molecule has 3 N–H and O–H groups in total. The predicted octanol–water partition coefficient (Wildman–Crippen LogP) is 2.98. The van der Waals surface area contributed by atoms with E-state index in [2.05, 4.69) is 20.7 Å². The molecule has 0 aromatic heterocycles. The Balaban J connectivity index is 2.35. The summed E-state index contributed by atoms with van der Waals surface area (Å²) in [5.74, 6) is -0.315. The van der Waals surface area contributed by atoms with Gasteiger partial charge in [-0.25, -0.2) is 12.8 Å². The Morgan fingerprint density at radius 3 is 2.57 bits per heavy atom. The predicted molar refractivity (Wildman–Crippen MR) is 82.3 cm³/mol. The number of halogens is 2. The van der Waals surface area contributed by atoms with Crippen LogP contribution in [0.25, 0.3) is 0 Å². The second-order valence-corrected chi connectivity index (χ2v) is 6.67. The Labute approximate surface area is 130 Å². The van der Waals surface area contributed by atoms with E-state index < -0.39 is 15.8 Å². The number of nitrogen functional groups attached to an aromatic ring is 1. The van der Waals surface area contributed by atoms with Crippen LogP contribution in [0.2, 0.25) is 0 Å². The van der Waals surface area contributed by atoms with Crippen molar-refractivity contribution < 1.29 is 17.5 Å². The van der Waals surface area contributed by atoms with Crippen molar-refractivity contribution in [3.05, 3.63) is 46.7 Å². The van der Waals surface area contributed by atoms with Gasteiger partial charge in [-0.05, 0) is 46.3 Å². The van der Waals surface area contributed by atoms with Crippen molar-refractivity contribution in [2.45, 2.75) is 4.90 Å². The molecule has 21 heavy (non-hydrogen) atoms. The number of ether oxygens (including phenoxy) is 1. The van der Waals surface area contributed by atoms with Gasteiger partial charge < -0.3 is 10.5 Å². The lowest BCUT2D eigenvalue weighted by Crippen LogP contribution is -2.13. The molecular formula is C13H12BrFN2O3S. The van der Waals surface area contributed by atoms with Crippen LogP contribution in [0.1, 0.15) is 0 Å². The Morgan fingerprint density at radius 2 is 1.95 bits per heavy atom. The van der Waals surface area contributed by atoms with Crippen LogP contribution in [-0.2, 0) is 10.0 Å². The summed E-state index contributed by atoms with van der Waals surface area (Å²) < 4.78 is 45.8. The molecule has 0 bridgehead atoms. The van der Waals surface area contributed by atoms with E-state index in [1.165, 1.54) is 25.3 Å². The number of rotatable bonds is 4. The first-order valence-corrected chi connectivity index (χ1v) is 8.02. The zero-order valence-electron chi connectivity index (χ0n) is 10.9.